The van der Waals surface area contributed by atoms with E-state index in [1.54, 1.807) is 18.2 Å². The Morgan fingerprint density at radius 3 is 2.60 bits per heavy atom. The largest absolute Gasteiger partial charge is 0.454 e. The molecule has 0 radical (unpaired) electrons. The standard InChI is InChI=1S/C23H20N4O3/c1-27-18-10-6-5-9-17(18)25-22(27)21(15-7-3-2-4-8-15)26-23(28)24-16-11-12-19-20(13-16)30-14-29-19/h2-13,21H,14H2,1H3,(H2,24,26,28)/t21-/m1/s1. The minimum atomic E-state index is -0.419. The van der Waals surface area contributed by atoms with Gasteiger partial charge in [-0.05, 0) is 29.8 Å². The molecule has 0 saturated heterocycles. The Hall–Kier alpha value is -4.00. The van der Waals surface area contributed by atoms with Crippen molar-refractivity contribution >= 4 is 22.8 Å². The highest BCUT2D eigenvalue weighted by Crippen LogP contribution is 2.34. The molecule has 3 aromatic carbocycles. The fourth-order valence-electron chi connectivity index (χ4n) is 3.64. The summed E-state index contributed by atoms with van der Waals surface area (Å²) in [5.74, 6) is 2.04. The maximum Gasteiger partial charge on any atom is 0.320 e. The van der Waals surface area contributed by atoms with Crippen molar-refractivity contribution in [1.29, 1.82) is 0 Å². The van der Waals surface area contributed by atoms with Crippen molar-refractivity contribution in [3.8, 4) is 11.5 Å². The van der Waals surface area contributed by atoms with Crippen LogP contribution >= 0.6 is 0 Å². The molecule has 0 unspecified atom stereocenters. The summed E-state index contributed by atoms with van der Waals surface area (Å²) < 4.78 is 12.7. The van der Waals surface area contributed by atoms with Crippen LogP contribution in [0.2, 0.25) is 0 Å². The Morgan fingerprint density at radius 2 is 1.77 bits per heavy atom. The van der Waals surface area contributed by atoms with Gasteiger partial charge < -0.3 is 24.7 Å². The average molecular weight is 400 g/mol. The van der Waals surface area contributed by atoms with Crippen molar-refractivity contribution in [2.45, 2.75) is 6.04 Å². The number of benzene rings is 3. The number of rotatable bonds is 4. The molecular formula is C23H20N4O3. The van der Waals surface area contributed by atoms with Crippen LogP contribution in [0.3, 0.4) is 0 Å². The van der Waals surface area contributed by atoms with Gasteiger partial charge in [-0.3, -0.25) is 0 Å². The van der Waals surface area contributed by atoms with E-state index in [1.807, 2.05) is 66.2 Å². The Labute approximate surface area is 173 Å². The third-order valence-electron chi connectivity index (χ3n) is 5.12. The lowest BCUT2D eigenvalue weighted by Crippen LogP contribution is -2.34. The van der Waals surface area contributed by atoms with Gasteiger partial charge in [-0.15, -0.1) is 0 Å². The third kappa shape index (κ3) is 3.30. The first-order valence-electron chi connectivity index (χ1n) is 9.62. The summed E-state index contributed by atoms with van der Waals surface area (Å²) in [5, 5.41) is 5.93. The summed E-state index contributed by atoms with van der Waals surface area (Å²) in [6.45, 7) is 0.188. The first-order chi connectivity index (χ1) is 14.7. The molecule has 1 atom stereocenters. The summed E-state index contributed by atoms with van der Waals surface area (Å²) in [5.41, 5.74) is 3.45. The molecule has 30 heavy (non-hydrogen) atoms. The second-order valence-corrected chi connectivity index (χ2v) is 7.03. The van der Waals surface area contributed by atoms with E-state index >= 15 is 0 Å². The molecule has 2 amide bonds. The minimum Gasteiger partial charge on any atom is -0.454 e. The molecule has 4 aromatic rings. The predicted molar refractivity (Wildman–Crippen MR) is 114 cm³/mol. The number of nitrogens with one attached hydrogen (secondary N) is 2. The van der Waals surface area contributed by atoms with Crippen LogP contribution in [0.1, 0.15) is 17.4 Å². The summed E-state index contributed by atoms with van der Waals surface area (Å²) >= 11 is 0. The molecule has 2 heterocycles. The number of para-hydroxylation sites is 2. The minimum absolute atomic E-state index is 0.188. The van der Waals surface area contributed by atoms with Crippen molar-refractivity contribution in [3.05, 3.63) is 84.2 Å². The number of fused-ring (bicyclic) bond motifs is 2. The number of aryl methyl sites for hydroxylation is 1. The van der Waals surface area contributed by atoms with Gasteiger partial charge in [0.05, 0.1) is 11.0 Å². The molecule has 1 aliphatic heterocycles. The van der Waals surface area contributed by atoms with Crippen LogP contribution in [0.5, 0.6) is 11.5 Å². The zero-order chi connectivity index (χ0) is 20.5. The van der Waals surface area contributed by atoms with Gasteiger partial charge in [0.1, 0.15) is 11.9 Å². The summed E-state index contributed by atoms with van der Waals surface area (Å²) in [7, 11) is 1.96. The number of amides is 2. The van der Waals surface area contributed by atoms with E-state index in [1.165, 1.54) is 0 Å². The van der Waals surface area contributed by atoms with E-state index in [4.69, 9.17) is 14.5 Å². The van der Waals surface area contributed by atoms with Gasteiger partial charge in [-0.25, -0.2) is 9.78 Å². The molecule has 1 aliphatic rings. The first kappa shape index (κ1) is 18.1. The van der Waals surface area contributed by atoms with E-state index in [2.05, 4.69) is 10.6 Å². The van der Waals surface area contributed by atoms with Crippen LogP contribution in [0, 0.1) is 0 Å². The quantitative estimate of drug-likeness (QED) is 0.538. The Kier molecular flexibility index (Phi) is 4.48. The van der Waals surface area contributed by atoms with Crippen LogP contribution in [0.25, 0.3) is 11.0 Å². The monoisotopic (exact) mass is 400 g/mol. The normalized spacial score (nSPS) is 13.2. The summed E-state index contributed by atoms with van der Waals surface area (Å²) in [6.07, 6.45) is 0. The van der Waals surface area contributed by atoms with Gasteiger partial charge in [0.25, 0.3) is 0 Å². The molecule has 0 saturated carbocycles. The van der Waals surface area contributed by atoms with Gasteiger partial charge in [-0.2, -0.15) is 0 Å². The zero-order valence-electron chi connectivity index (χ0n) is 16.3. The first-order valence-corrected chi connectivity index (χ1v) is 9.62. The van der Waals surface area contributed by atoms with Crippen LogP contribution < -0.4 is 20.1 Å². The lowest BCUT2D eigenvalue weighted by atomic mass is 10.1. The highest BCUT2D eigenvalue weighted by Gasteiger charge is 2.23. The maximum absolute atomic E-state index is 12.9. The molecule has 0 spiro atoms. The molecule has 7 heteroatoms. The fourth-order valence-corrected chi connectivity index (χ4v) is 3.64. The van der Waals surface area contributed by atoms with Crippen LogP contribution in [0.4, 0.5) is 10.5 Å². The molecule has 2 N–H and O–H groups in total. The van der Waals surface area contributed by atoms with Gasteiger partial charge in [0.2, 0.25) is 6.79 Å². The van der Waals surface area contributed by atoms with Crippen LogP contribution in [0.15, 0.2) is 72.8 Å². The predicted octanol–water partition coefficient (Wildman–Crippen LogP) is 4.21. The number of carbonyl (C=O) groups is 1. The molecule has 1 aromatic heterocycles. The van der Waals surface area contributed by atoms with Gasteiger partial charge >= 0.3 is 6.03 Å². The molecule has 0 bridgehead atoms. The Balaban J connectivity index is 1.45. The van der Waals surface area contributed by atoms with E-state index < -0.39 is 6.04 Å². The number of hydrogen-bond donors (Lipinski definition) is 2. The second kappa shape index (κ2) is 7.44. The number of imidazole rings is 1. The van der Waals surface area contributed by atoms with Crippen molar-refractivity contribution in [2.75, 3.05) is 12.1 Å². The van der Waals surface area contributed by atoms with E-state index in [-0.39, 0.29) is 12.8 Å². The second-order valence-electron chi connectivity index (χ2n) is 7.03. The third-order valence-corrected chi connectivity index (χ3v) is 5.12. The average Bonchev–Trinajstić information content (AvgIpc) is 3.37. The van der Waals surface area contributed by atoms with Crippen LogP contribution in [-0.2, 0) is 7.05 Å². The lowest BCUT2D eigenvalue weighted by Gasteiger charge is -2.19. The molecule has 0 aliphatic carbocycles. The molecule has 0 fully saturated rings. The lowest BCUT2D eigenvalue weighted by molar-refractivity contribution is 0.174. The number of anilines is 1. The van der Waals surface area contributed by atoms with Gasteiger partial charge in [0.15, 0.2) is 11.5 Å². The van der Waals surface area contributed by atoms with E-state index in [9.17, 15) is 4.79 Å². The van der Waals surface area contributed by atoms with Gasteiger partial charge in [-0.1, -0.05) is 42.5 Å². The zero-order valence-corrected chi connectivity index (χ0v) is 16.3. The Morgan fingerprint density at radius 1 is 1.00 bits per heavy atom. The van der Waals surface area contributed by atoms with Crippen LogP contribution in [-0.4, -0.2) is 22.4 Å². The van der Waals surface area contributed by atoms with Crippen molar-refractivity contribution in [3.63, 3.8) is 0 Å². The Bertz CT molecular complexity index is 1220. The number of hydrogen-bond acceptors (Lipinski definition) is 4. The van der Waals surface area contributed by atoms with Gasteiger partial charge in [0, 0.05) is 18.8 Å². The highest BCUT2D eigenvalue weighted by molar-refractivity contribution is 5.90. The van der Waals surface area contributed by atoms with Crippen molar-refractivity contribution < 1.29 is 14.3 Å². The number of urea groups is 1. The number of aromatic nitrogens is 2. The smallest absolute Gasteiger partial charge is 0.320 e. The highest BCUT2D eigenvalue weighted by atomic mass is 16.7. The molecule has 7 nitrogen and oxygen atoms in total. The maximum atomic E-state index is 12.9. The SMILES string of the molecule is Cn1c([C@H](NC(=O)Nc2ccc3c(c2)OCO3)c2ccccc2)nc2ccccc21. The summed E-state index contributed by atoms with van der Waals surface area (Å²) in [4.78, 5) is 17.6. The van der Waals surface area contributed by atoms with E-state index in [0.29, 0.717) is 17.2 Å². The molecule has 5 rings (SSSR count). The fraction of sp³-hybridized carbons (Fsp3) is 0.130. The number of nitrogens with zero attached hydrogens (tertiary/aromatic N) is 2. The van der Waals surface area contributed by atoms with E-state index in [0.717, 1.165) is 22.4 Å². The van der Waals surface area contributed by atoms with Crippen molar-refractivity contribution in [2.24, 2.45) is 7.05 Å². The molecule has 150 valence electrons. The topological polar surface area (TPSA) is 77.4 Å². The number of ether oxygens (including phenoxy) is 2. The summed E-state index contributed by atoms with van der Waals surface area (Å²) in [6, 6.07) is 22.2. The molecular weight excluding hydrogens is 380 g/mol. The number of carbonyl (C=O) groups excluding carboxylic acids is 1. The van der Waals surface area contributed by atoms with Crippen molar-refractivity contribution in [1.82, 2.24) is 14.9 Å².